The van der Waals surface area contributed by atoms with Crippen LogP contribution in [0.1, 0.15) is 13.3 Å². The van der Waals surface area contributed by atoms with Crippen molar-refractivity contribution in [3.8, 4) is 0 Å². The summed E-state index contributed by atoms with van der Waals surface area (Å²) in [5, 5.41) is 3.01. The van der Waals surface area contributed by atoms with E-state index in [9.17, 15) is 13.2 Å². The minimum absolute atomic E-state index is 0.0472. The first kappa shape index (κ1) is 17.4. The summed E-state index contributed by atoms with van der Waals surface area (Å²) in [6.07, 6.45) is 1.83. The molecular weight excluding hydrogens is 338 g/mol. The molecule has 2 aromatic rings. The van der Waals surface area contributed by atoms with E-state index in [-0.39, 0.29) is 4.90 Å². The van der Waals surface area contributed by atoms with Crippen LogP contribution in [0.3, 0.4) is 0 Å². The van der Waals surface area contributed by atoms with Gasteiger partial charge in [-0.25, -0.2) is 13.4 Å². The molecule has 0 spiro atoms. The summed E-state index contributed by atoms with van der Waals surface area (Å²) in [6.45, 7) is 1.72. The van der Waals surface area contributed by atoms with Gasteiger partial charge in [-0.1, -0.05) is 24.6 Å². The fraction of sp³-hybridized carbons (Fsp3) is 0.200. The normalized spacial score (nSPS) is 12.6. The van der Waals surface area contributed by atoms with E-state index in [1.807, 2.05) is 0 Å². The minimum Gasteiger partial charge on any atom is -0.309 e. The molecule has 0 aliphatic rings. The van der Waals surface area contributed by atoms with E-state index in [1.165, 1.54) is 30.5 Å². The van der Waals surface area contributed by atoms with Crippen LogP contribution in [0.15, 0.2) is 53.6 Å². The quantitative estimate of drug-likeness (QED) is 0.834. The Hall–Kier alpha value is -1.96. The van der Waals surface area contributed by atoms with Gasteiger partial charge in [0.05, 0.1) is 4.90 Å². The molecule has 122 valence electrons. The Balaban J connectivity index is 2.11. The van der Waals surface area contributed by atoms with E-state index >= 15 is 0 Å². The van der Waals surface area contributed by atoms with Gasteiger partial charge in [0.15, 0.2) is 0 Å². The lowest BCUT2D eigenvalue weighted by molar-refractivity contribution is -0.117. The lowest BCUT2D eigenvalue weighted by Crippen LogP contribution is -2.43. The summed E-state index contributed by atoms with van der Waals surface area (Å²) in [7, 11) is -3.82. The van der Waals surface area contributed by atoms with E-state index in [2.05, 4.69) is 15.0 Å². The molecule has 1 amide bonds. The van der Waals surface area contributed by atoms with E-state index < -0.39 is 22.0 Å². The Kier molecular flexibility index (Phi) is 5.70. The molecule has 8 heteroatoms. The molecule has 1 heterocycles. The highest BCUT2D eigenvalue weighted by Gasteiger charge is 2.24. The van der Waals surface area contributed by atoms with Crippen molar-refractivity contribution < 1.29 is 13.2 Å². The number of nitrogens with zero attached hydrogens (tertiary/aromatic N) is 1. The zero-order valence-corrected chi connectivity index (χ0v) is 13.9. The number of amides is 1. The molecule has 0 aliphatic heterocycles. The summed E-state index contributed by atoms with van der Waals surface area (Å²) >= 11 is 5.75. The molecular formula is C15H16ClN3O3S. The number of halogens is 1. The van der Waals surface area contributed by atoms with Crippen LogP contribution in [0.25, 0.3) is 0 Å². The maximum absolute atomic E-state index is 12.3. The number of hydrogen-bond acceptors (Lipinski definition) is 4. The second kappa shape index (κ2) is 7.54. The Morgan fingerprint density at radius 1 is 1.22 bits per heavy atom. The van der Waals surface area contributed by atoms with Gasteiger partial charge in [0.25, 0.3) is 0 Å². The van der Waals surface area contributed by atoms with E-state index in [0.717, 1.165) is 0 Å². The topological polar surface area (TPSA) is 88.2 Å². The molecule has 1 unspecified atom stereocenters. The number of carbonyl (C=O) groups excluding carboxylic acids is 1. The largest absolute Gasteiger partial charge is 0.309 e. The van der Waals surface area contributed by atoms with Crippen molar-refractivity contribution in [2.75, 3.05) is 5.32 Å². The molecule has 0 saturated carbocycles. The second-order valence-electron chi connectivity index (χ2n) is 4.74. The average molecular weight is 354 g/mol. The first-order valence-corrected chi connectivity index (χ1v) is 8.78. The van der Waals surface area contributed by atoms with Gasteiger partial charge in [-0.3, -0.25) is 4.79 Å². The molecule has 0 saturated heterocycles. The van der Waals surface area contributed by atoms with Crippen LogP contribution in [-0.4, -0.2) is 25.4 Å². The predicted molar refractivity (Wildman–Crippen MR) is 88.7 cm³/mol. The highest BCUT2D eigenvalue weighted by Crippen LogP contribution is 2.15. The van der Waals surface area contributed by atoms with E-state index in [1.54, 1.807) is 25.1 Å². The zero-order valence-electron chi connectivity index (χ0n) is 12.4. The van der Waals surface area contributed by atoms with Crippen LogP contribution in [0.4, 0.5) is 5.82 Å². The third-order valence-corrected chi connectivity index (χ3v) is 4.80. The first-order chi connectivity index (χ1) is 10.9. The molecule has 2 N–H and O–H groups in total. The van der Waals surface area contributed by atoms with Crippen LogP contribution in [0.5, 0.6) is 0 Å². The highest BCUT2D eigenvalue weighted by atomic mass is 35.5. The van der Waals surface area contributed by atoms with Gasteiger partial charge in [0, 0.05) is 11.2 Å². The fourth-order valence-electron chi connectivity index (χ4n) is 1.84. The number of carbonyl (C=O) groups is 1. The molecule has 0 bridgehead atoms. The first-order valence-electron chi connectivity index (χ1n) is 6.92. The molecule has 1 atom stereocenters. The number of nitrogens with one attached hydrogen (secondary N) is 2. The molecule has 1 aromatic carbocycles. The van der Waals surface area contributed by atoms with Gasteiger partial charge in [-0.05, 0) is 42.8 Å². The smallest absolute Gasteiger partial charge is 0.243 e. The maximum Gasteiger partial charge on any atom is 0.243 e. The van der Waals surface area contributed by atoms with Crippen molar-refractivity contribution in [2.24, 2.45) is 0 Å². The lowest BCUT2D eigenvalue weighted by Gasteiger charge is -2.16. The Morgan fingerprint density at radius 3 is 2.48 bits per heavy atom. The third-order valence-electron chi connectivity index (χ3n) is 3.06. The molecule has 6 nitrogen and oxygen atoms in total. The Bertz CT molecular complexity index is 764. The standard InChI is InChI=1S/C15H16ClN3O3S/c1-2-13(15(20)18-14-5-3-4-10-17-14)19-23(21,22)12-8-6-11(16)7-9-12/h3-10,13,19H,2H2,1H3,(H,17,18,20). The maximum atomic E-state index is 12.3. The SMILES string of the molecule is CCC(NS(=O)(=O)c1ccc(Cl)cc1)C(=O)Nc1ccccn1. The summed E-state index contributed by atoms with van der Waals surface area (Å²) < 4.78 is 27.0. The second-order valence-corrected chi connectivity index (χ2v) is 6.89. The number of hydrogen-bond donors (Lipinski definition) is 2. The number of sulfonamides is 1. The van der Waals surface area contributed by atoms with E-state index in [4.69, 9.17) is 11.6 Å². The van der Waals surface area contributed by atoms with Gasteiger partial charge in [-0.15, -0.1) is 0 Å². The van der Waals surface area contributed by atoms with Gasteiger partial charge in [0.2, 0.25) is 15.9 Å². The molecule has 0 aliphatic carbocycles. The van der Waals surface area contributed by atoms with Gasteiger partial charge < -0.3 is 5.32 Å². The number of pyridine rings is 1. The Labute approximate surface area is 139 Å². The number of anilines is 1. The van der Waals surface area contributed by atoms with Crippen molar-refractivity contribution in [1.82, 2.24) is 9.71 Å². The highest BCUT2D eigenvalue weighted by molar-refractivity contribution is 7.89. The molecule has 1 aromatic heterocycles. The van der Waals surface area contributed by atoms with Gasteiger partial charge >= 0.3 is 0 Å². The average Bonchev–Trinajstić information content (AvgIpc) is 2.54. The van der Waals surface area contributed by atoms with Crippen molar-refractivity contribution in [1.29, 1.82) is 0 Å². The van der Waals surface area contributed by atoms with Crippen LogP contribution in [0, 0.1) is 0 Å². The third kappa shape index (κ3) is 4.75. The van der Waals surface area contributed by atoms with Crippen LogP contribution < -0.4 is 10.0 Å². The fourth-order valence-corrected chi connectivity index (χ4v) is 3.25. The van der Waals surface area contributed by atoms with Crippen molar-refractivity contribution in [3.63, 3.8) is 0 Å². The van der Waals surface area contributed by atoms with Crippen molar-refractivity contribution in [3.05, 3.63) is 53.7 Å². The molecule has 23 heavy (non-hydrogen) atoms. The molecule has 2 rings (SSSR count). The number of rotatable bonds is 6. The summed E-state index contributed by atoms with van der Waals surface area (Å²) in [5.41, 5.74) is 0. The molecule has 0 fully saturated rings. The zero-order chi connectivity index (χ0) is 16.9. The summed E-state index contributed by atoms with van der Waals surface area (Å²) in [6, 6.07) is 9.88. The van der Waals surface area contributed by atoms with Crippen LogP contribution in [0.2, 0.25) is 5.02 Å². The van der Waals surface area contributed by atoms with Gasteiger partial charge in [-0.2, -0.15) is 4.72 Å². The summed E-state index contributed by atoms with van der Waals surface area (Å²) in [4.78, 5) is 16.2. The van der Waals surface area contributed by atoms with Crippen molar-refractivity contribution in [2.45, 2.75) is 24.3 Å². The Morgan fingerprint density at radius 2 is 1.91 bits per heavy atom. The molecule has 0 radical (unpaired) electrons. The minimum atomic E-state index is -3.82. The van der Waals surface area contributed by atoms with Crippen LogP contribution >= 0.6 is 11.6 Å². The van der Waals surface area contributed by atoms with Gasteiger partial charge in [0.1, 0.15) is 11.9 Å². The monoisotopic (exact) mass is 353 g/mol. The summed E-state index contributed by atoms with van der Waals surface area (Å²) in [5.74, 6) is -0.106. The van der Waals surface area contributed by atoms with Crippen LogP contribution in [-0.2, 0) is 14.8 Å². The lowest BCUT2D eigenvalue weighted by atomic mass is 10.2. The van der Waals surface area contributed by atoms with Crippen molar-refractivity contribution >= 4 is 33.3 Å². The number of benzene rings is 1. The number of aromatic nitrogens is 1. The van der Waals surface area contributed by atoms with E-state index in [0.29, 0.717) is 17.3 Å². The predicted octanol–water partition coefficient (Wildman–Crippen LogP) is 2.43.